The van der Waals surface area contributed by atoms with Crippen LogP contribution in [0.5, 0.6) is 0 Å². The number of benzene rings is 1. The smallest absolute Gasteiger partial charge is 0.273 e. The first-order valence-electron chi connectivity index (χ1n) is 4.65. The van der Waals surface area contributed by atoms with Gasteiger partial charge in [-0.15, -0.1) is 5.10 Å². The Kier molecular flexibility index (Phi) is 3.11. The van der Waals surface area contributed by atoms with E-state index in [2.05, 4.69) is 14.9 Å². The van der Waals surface area contributed by atoms with E-state index in [0.717, 1.165) is 17.1 Å². The van der Waals surface area contributed by atoms with Gasteiger partial charge in [-0.1, -0.05) is 16.6 Å². The zero-order valence-electron chi connectivity index (χ0n) is 8.38. The topological polar surface area (TPSA) is 80.9 Å². The van der Waals surface area contributed by atoms with Crippen LogP contribution in [0.1, 0.15) is 16.1 Å². The maximum atomic E-state index is 11.5. The van der Waals surface area contributed by atoms with Crippen molar-refractivity contribution in [2.75, 3.05) is 5.73 Å². The highest BCUT2D eigenvalue weighted by atomic mass is 32.1. The highest BCUT2D eigenvalue weighted by molar-refractivity contribution is 7.03. The van der Waals surface area contributed by atoms with Crippen molar-refractivity contribution in [3.05, 3.63) is 40.9 Å². The third-order valence-corrected chi connectivity index (χ3v) is 2.53. The first kappa shape index (κ1) is 10.6. The van der Waals surface area contributed by atoms with Crippen molar-refractivity contribution in [1.29, 1.82) is 0 Å². The Hall–Kier alpha value is -1.95. The first-order chi connectivity index (χ1) is 7.75. The standard InChI is InChI=1S/C10H10N4OS/c11-8-3-1-7(2-4-8)5-12-10(15)9-6-16-14-13-9/h1-4,6H,5,11H2,(H,12,15). The van der Waals surface area contributed by atoms with Crippen molar-refractivity contribution < 1.29 is 4.79 Å². The van der Waals surface area contributed by atoms with Crippen LogP contribution in [0.4, 0.5) is 5.69 Å². The molecule has 0 aliphatic carbocycles. The third kappa shape index (κ3) is 2.54. The summed E-state index contributed by atoms with van der Waals surface area (Å²) in [5.41, 5.74) is 7.60. The molecule has 0 atom stereocenters. The zero-order valence-corrected chi connectivity index (χ0v) is 9.20. The number of aromatic nitrogens is 2. The minimum Gasteiger partial charge on any atom is -0.399 e. The molecule has 0 aliphatic rings. The Morgan fingerprint density at radius 1 is 1.38 bits per heavy atom. The van der Waals surface area contributed by atoms with Gasteiger partial charge in [0, 0.05) is 17.6 Å². The molecule has 0 saturated heterocycles. The maximum absolute atomic E-state index is 11.5. The molecule has 3 N–H and O–H groups in total. The summed E-state index contributed by atoms with van der Waals surface area (Å²) in [6.07, 6.45) is 0. The Morgan fingerprint density at radius 3 is 2.75 bits per heavy atom. The molecule has 0 saturated carbocycles. The molecule has 0 bridgehead atoms. The lowest BCUT2D eigenvalue weighted by Gasteiger charge is -2.03. The third-order valence-electron chi connectivity index (χ3n) is 2.03. The van der Waals surface area contributed by atoms with Crippen LogP contribution in [-0.4, -0.2) is 15.5 Å². The van der Waals surface area contributed by atoms with Crippen molar-refractivity contribution >= 4 is 23.1 Å². The number of hydrogen-bond donors (Lipinski definition) is 2. The molecule has 1 amide bonds. The number of anilines is 1. The van der Waals surface area contributed by atoms with Gasteiger partial charge in [0.2, 0.25) is 0 Å². The highest BCUT2D eigenvalue weighted by Gasteiger charge is 2.07. The lowest BCUT2D eigenvalue weighted by molar-refractivity contribution is 0.0946. The van der Waals surface area contributed by atoms with E-state index >= 15 is 0 Å². The molecule has 82 valence electrons. The fraction of sp³-hybridized carbons (Fsp3) is 0.100. The second-order valence-corrected chi connectivity index (χ2v) is 3.82. The van der Waals surface area contributed by atoms with Crippen LogP contribution < -0.4 is 11.1 Å². The van der Waals surface area contributed by atoms with Gasteiger partial charge in [0.05, 0.1) is 0 Å². The molecule has 1 aromatic heterocycles. The Bertz CT molecular complexity index is 466. The van der Waals surface area contributed by atoms with Crippen LogP contribution in [0.3, 0.4) is 0 Å². The number of hydrogen-bond acceptors (Lipinski definition) is 5. The van der Waals surface area contributed by atoms with Gasteiger partial charge in [0.1, 0.15) is 0 Å². The van der Waals surface area contributed by atoms with Gasteiger partial charge in [-0.3, -0.25) is 4.79 Å². The lowest BCUT2D eigenvalue weighted by Crippen LogP contribution is -2.23. The van der Waals surface area contributed by atoms with E-state index in [1.54, 1.807) is 17.5 Å². The Balaban J connectivity index is 1.93. The van der Waals surface area contributed by atoms with Crippen LogP contribution in [0.2, 0.25) is 0 Å². The molecule has 5 nitrogen and oxygen atoms in total. The Morgan fingerprint density at radius 2 is 2.12 bits per heavy atom. The van der Waals surface area contributed by atoms with Crippen molar-refractivity contribution in [3.63, 3.8) is 0 Å². The summed E-state index contributed by atoms with van der Waals surface area (Å²) in [6, 6.07) is 7.33. The van der Waals surface area contributed by atoms with Gasteiger partial charge in [-0.05, 0) is 29.2 Å². The molecule has 0 unspecified atom stereocenters. The van der Waals surface area contributed by atoms with Gasteiger partial charge >= 0.3 is 0 Å². The predicted octanol–water partition coefficient (Wildman–Crippen LogP) is 1.05. The number of nitrogens with zero attached hydrogens (tertiary/aromatic N) is 2. The van der Waals surface area contributed by atoms with Gasteiger partial charge in [0.25, 0.3) is 5.91 Å². The molecule has 0 aliphatic heterocycles. The van der Waals surface area contributed by atoms with Crippen molar-refractivity contribution in [1.82, 2.24) is 14.9 Å². The lowest BCUT2D eigenvalue weighted by atomic mass is 10.2. The molecule has 0 fully saturated rings. The molecule has 16 heavy (non-hydrogen) atoms. The van der Waals surface area contributed by atoms with Crippen LogP contribution >= 0.6 is 11.5 Å². The number of amides is 1. The van der Waals surface area contributed by atoms with Crippen molar-refractivity contribution in [2.45, 2.75) is 6.54 Å². The quantitative estimate of drug-likeness (QED) is 0.778. The summed E-state index contributed by atoms with van der Waals surface area (Å²) in [4.78, 5) is 11.5. The Labute approximate surface area is 96.5 Å². The summed E-state index contributed by atoms with van der Waals surface area (Å²) in [6.45, 7) is 0.455. The van der Waals surface area contributed by atoms with Crippen LogP contribution in [-0.2, 0) is 6.54 Å². The summed E-state index contributed by atoms with van der Waals surface area (Å²) < 4.78 is 3.62. The normalized spacial score (nSPS) is 10.0. The van der Waals surface area contributed by atoms with E-state index in [1.807, 2.05) is 12.1 Å². The number of nitrogen functional groups attached to an aromatic ring is 1. The van der Waals surface area contributed by atoms with Gasteiger partial charge in [-0.2, -0.15) is 0 Å². The monoisotopic (exact) mass is 234 g/mol. The van der Waals surface area contributed by atoms with Crippen LogP contribution in [0.25, 0.3) is 0 Å². The van der Waals surface area contributed by atoms with Crippen molar-refractivity contribution in [3.8, 4) is 0 Å². The molecule has 1 aromatic carbocycles. The highest BCUT2D eigenvalue weighted by Crippen LogP contribution is 2.05. The molecule has 2 rings (SSSR count). The van der Waals surface area contributed by atoms with E-state index in [0.29, 0.717) is 17.9 Å². The van der Waals surface area contributed by atoms with E-state index in [-0.39, 0.29) is 5.91 Å². The van der Waals surface area contributed by atoms with Gasteiger partial charge in [-0.25, -0.2) is 0 Å². The molecular weight excluding hydrogens is 224 g/mol. The van der Waals surface area contributed by atoms with E-state index in [9.17, 15) is 4.79 Å². The van der Waals surface area contributed by atoms with E-state index < -0.39 is 0 Å². The summed E-state index contributed by atoms with van der Waals surface area (Å²) in [7, 11) is 0. The summed E-state index contributed by atoms with van der Waals surface area (Å²) in [5.74, 6) is -0.217. The van der Waals surface area contributed by atoms with Crippen molar-refractivity contribution in [2.24, 2.45) is 0 Å². The second kappa shape index (κ2) is 4.71. The van der Waals surface area contributed by atoms with E-state index in [1.165, 1.54) is 0 Å². The summed E-state index contributed by atoms with van der Waals surface area (Å²) >= 11 is 1.15. The number of nitrogens with one attached hydrogen (secondary N) is 1. The number of carbonyl (C=O) groups is 1. The number of carbonyl (C=O) groups excluding carboxylic acids is 1. The summed E-state index contributed by atoms with van der Waals surface area (Å²) in [5, 5.41) is 8.03. The fourth-order valence-electron chi connectivity index (χ4n) is 1.17. The van der Waals surface area contributed by atoms with Crippen LogP contribution in [0, 0.1) is 0 Å². The SMILES string of the molecule is Nc1ccc(CNC(=O)c2csnn2)cc1. The molecule has 2 aromatic rings. The maximum Gasteiger partial charge on any atom is 0.273 e. The minimum absolute atomic E-state index is 0.217. The minimum atomic E-state index is -0.217. The van der Waals surface area contributed by atoms with Gasteiger partial charge in [0.15, 0.2) is 5.69 Å². The fourth-order valence-corrected chi connectivity index (χ4v) is 1.61. The molecule has 0 radical (unpaired) electrons. The number of nitrogens with two attached hydrogens (primary N) is 1. The average molecular weight is 234 g/mol. The largest absolute Gasteiger partial charge is 0.399 e. The van der Waals surface area contributed by atoms with E-state index in [4.69, 9.17) is 5.73 Å². The zero-order chi connectivity index (χ0) is 11.4. The predicted molar refractivity (Wildman–Crippen MR) is 61.9 cm³/mol. The first-order valence-corrected chi connectivity index (χ1v) is 5.49. The average Bonchev–Trinajstić information content (AvgIpc) is 2.81. The molecule has 6 heteroatoms. The second-order valence-electron chi connectivity index (χ2n) is 3.21. The number of rotatable bonds is 3. The van der Waals surface area contributed by atoms with Crippen LogP contribution in [0.15, 0.2) is 29.6 Å². The molecular formula is C10H10N4OS. The van der Waals surface area contributed by atoms with Gasteiger partial charge < -0.3 is 11.1 Å². The molecule has 1 heterocycles. The molecule has 0 spiro atoms.